The number of ether oxygens (including phenoxy) is 1. The predicted octanol–water partition coefficient (Wildman–Crippen LogP) is 0.650. The number of hydrogen-bond donors (Lipinski definition) is 2. The smallest absolute Gasteiger partial charge is 0.320 e. The molecular formula is C18H24N4O6S. The van der Waals surface area contributed by atoms with Crippen LogP contribution in [-0.4, -0.2) is 70.6 Å². The number of rotatable bonds is 7. The molecular weight excluding hydrogens is 400 g/mol. The van der Waals surface area contributed by atoms with Crippen LogP contribution >= 0.6 is 0 Å². The number of carboxylic acids is 1. The molecule has 0 aromatic carbocycles. The number of aromatic nitrogens is 2. The Kier molecular flexibility index (Phi) is 6.08. The number of imidazole rings is 1. The molecule has 158 valence electrons. The molecule has 2 aromatic rings. The summed E-state index contributed by atoms with van der Waals surface area (Å²) in [7, 11) is -3.91. The van der Waals surface area contributed by atoms with E-state index in [1.807, 2.05) is 6.92 Å². The molecule has 0 radical (unpaired) electrons. The second kappa shape index (κ2) is 8.37. The van der Waals surface area contributed by atoms with E-state index in [0.717, 1.165) is 4.31 Å². The number of amides is 1. The van der Waals surface area contributed by atoms with E-state index in [1.54, 1.807) is 29.7 Å². The van der Waals surface area contributed by atoms with Gasteiger partial charge in [0.15, 0.2) is 17.1 Å². The maximum absolute atomic E-state index is 12.9. The zero-order valence-electron chi connectivity index (χ0n) is 16.3. The number of pyridine rings is 1. The largest absolute Gasteiger partial charge is 0.490 e. The first-order valence-electron chi connectivity index (χ1n) is 9.34. The Morgan fingerprint density at radius 3 is 2.86 bits per heavy atom. The summed E-state index contributed by atoms with van der Waals surface area (Å²) in [6, 6.07) is 3.12. The van der Waals surface area contributed by atoms with Crippen LogP contribution in [0.15, 0.2) is 18.3 Å². The van der Waals surface area contributed by atoms with Crippen molar-refractivity contribution < 1.29 is 27.9 Å². The minimum absolute atomic E-state index is 0.0430. The molecule has 1 atom stereocenters. The fourth-order valence-electron chi connectivity index (χ4n) is 3.51. The van der Waals surface area contributed by atoms with Gasteiger partial charge in [0.25, 0.3) is 5.91 Å². The lowest BCUT2D eigenvalue weighted by Gasteiger charge is -2.32. The van der Waals surface area contributed by atoms with E-state index < -0.39 is 27.8 Å². The van der Waals surface area contributed by atoms with Gasteiger partial charge in [-0.3, -0.25) is 14.0 Å². The second-order valence-corrected chi connectivity index (χ2v) is 8.83. The highest BCUT2D eigenvalue weighted by Gasteiger charge is 2.32. The predicted molar refractivity (Wildman–Crippen MR) is 105 cm³/mol. The standard InChI is InChI=1S/C18H24N4O6S/c1-3-28-14-7-5-9-22-16(12(2)19-17(14)22)18(25)20-13-6-4-8-21(10-13)29(26,27)11-15(23)24/h5,7,9,13H,3-4,6,8,10-11H2,1-2H3,(H,20,25)(H,23,24)/t13-/m0/s1. The quantitative estimate of drug-likeness (QED) is 0.667. The molecule has 0 aliphatic carbocycles. The minimum Gasteiger partial charge on any atom is -0.490 e. The third kappa shape index (κ3) is 4.51. The van der Waals surface area contributed by atoms with Crippen molar-refractivity contribution in [3.05, 3.63) is 29.7 Å². The zero-order valence-corrected chi connectivity index (χ0v) is 17.1. The van der Waals surface area contributed by atoms with Gasteiger partial charge in [-0.1, -0.05) is 0 Å². The van der Waals surface area contributed by atoms with Crippen LogP contribution in [0.5, 0.6) is 5.75 Å². The van der Waals surface area contributed by atoms with Crippen molar-refractivity contribution in [3.8, 4) is 5.75 Å². The first kappa shape index (κ1) is 21.1. The average molecular weight is 424 g/mol. The summed E-state index contributed by atoms with van der Waals surface area (Å²) in [6.45, 7) is 4.34. The number of carbonyl (C=O) groups is 2. The van der Waals surface area contributed by atoms with Gasteiger partial charge in [0, 0.05) is 25.3 Å². The van der Waals surface area contributed by atoms with Crippen molar-refractivity contribution in [1.82, 2.24) is 19.0 Å². The molecule has 2 N–H and O–H groups in total. The molecule has 0 spiro atoms. The van der Waals surface area contributed by atoms with Gasteiger partial charge in [-0.2, -0.15) is 4.31 Å². The molecule has 0 saturated carbocycles. The monoisotopic (exact) mass is 424 g/mol. The normalized spacial score (nSPS) is 17.9. The van der Waals surface area contributed by atoms with Crippen molar-refractivity contribution in [3.63, 3.8) is 0 Å². The van der Waals surface area contributed by atoms with Crippen LogP contribution in [-0.2, 0) is 14.8 Å². The highest BCUT2D eigenvalue weighted by Crippen LogP contribution is 2.22. The molecule has 1 amide bonds. The van der Waals surface area contributed by atoms with E-state index in [4.69, 9.17) is 9.84 Å². The maximum Gasteiger partial charge on any atom is 0.320 e. The molecule has 0 unspecified atom stereocenters. The molecule has 1 aliphatic rings. The number of sulfonamides is 1. The maximum atomic E-state index is 12.9. The van der Waals surface area contributed by atoms with Gasteiger partial charge in [0.2, 0.25) is 10.0 Å². The molecule has 3 rings (SSSR count). The van der Waals surface area contributed by atoms with Gasteiger partial charge in [0.1, 0.15) is 5.69 Å². The third-order valence-electron chi connectivity index (χ3n) is 4.72. The summed E-state index contributed by atoms with van der Waals surface area (Å²) < 4.78 is 32.7. The lowest BCUT2D eigenvalue weighted by molar-refractivity contribution is -0.134. The van der Waals surface area contributed by atoms with Gasteiger partial charge >= 0.3 is 5.97 Å². The van der Waals surface area contributed by atoms with Gasteiger partial charge in [0.05, 0.1) is 12.3 Å². The van der Waals surface area contributed by atoms with Gasteiger partial charge in [-0.15, -0.1) is 0 Å². The highest BCUT2D eigenvalue weighted by molar-refractivity contribution is 7.89. The van der Waals surface area contributed by atoms with Crippen LogP contribution in [0, 0.1) is 6.92 Å². The summed E-state index contributed by atoms with van der Waals surface area (Å²) in [5.74, 6) is -2.16. The van der Waals surface area contributed by atoms with Crippen molar-refractivity contribution in [2.45, 2.75) is 32.7 Å². The highest BCUT2D eigenvalue weighted by atomic mass is 32.2. The number of nitrogens with zero attached hydrogens (tertiary/aromatic N) is 3. The van der Waals surface area contributed by atoms with E-state index in [1.165, 1.54) is 0 Å². The Morgan fingerprint density at radius 1 is 1.41 bits per heavy atom. The molecule has 11 heteroatoms. The van der Waals surface area contributed by atoms with Crippen LogP contribution in [0.3, 0.4) is 0 Å². The summed E-state index contributed by atoms with van der Waals surface area (Å²) in [6.07, 6.45) is 2.85. The molecule has 29 heavy (non-hydrogen) atoms. The molecule has 3 heterocycles. The zero-order chi connectivity index (χ0) is 21.2. The van der Waals surface area contributed by atoms with Gasteiger partial charge in [-0.05, 0) is 38.8 Å². The summed E-state index contributed by atoms with van der Waals surface area (Å²) in [5, 5.41) is 11.7. The van der Waals surface area contributed by atoms with Crippen LogP contribution in [0.25, 0.3) is 5.65 Å². The SMILES string of the molecule is CCOc1cccn2c(C(=O)N[C@H]3CCCN(S(=O)(=O)CC(=O)O)C3)c(C)nc12. The summed E-state index contributed by atoms with van der Waals surface area (Å²) in [4.78, 5) is 28.2. The Balaban J connectivity index is 1.79. The fourth-order valence-corrected chi connectivity index (χ4v) is 4.82. The summed E-state index contributed by atoms with van der Waals surface area (Å²) >= 11 is 0. The van der Waals surface area contributed by atoms with E-state index in [0.29, 0.717) is 42.2 Å². The number of aryl methyl sites for hydroxylation is 1. The number of fused-ring (bicyclic) bond motifs is 1. The third-order valence-corrected chi connectivity index (χ3v) is 6.45. The van der Waals surface area contributed by atoms with Gasteiger partial charge in [-0.25, -0.2) is 13.4 Å². The Hall–Kier alpha value is -2.66. The second-order valence-electron chi connectivity index (χ2n) is 6.87. The van der Waals surface area contributed by atoms with Crippen molar-refractivity contribution in [1.29, 1.82) is 0 Å². The van der Waals surface area contributed by atoms with E-state index >= 15 is 0 Å². The Bertz CT molecular complexity index is 1030. The number of carbonyl (C=O) groups excluding carboxylic acids is 1. The minimum atomic E-state index is -3.91. The average Bonchev–Trinajstić information content (AvgIpc) is 2.98. The number of piperidine rings is 1. The fraction of sp³-hybridized carbons (Fsp3) is 0.500. The Morgan fingerprint density at radius 2 is 2.17 bits per heavy atom. The molecule has 0 bridgehead atoms. The Labute approximate surface area is 168 Å². The molecule has 1 fully saturated rings. The van der Waals surface area contributed by atoms with Crippen LogP contribution in [0.1, 0.15) is 35.9 Å². The van der Waals surface area contributed by atoms with Crippen molar-refractivity contribution in [2.24, 2.45) is 0 Å². The lowest BCUT2D eigenvalue weighted by atomic mass is 10.1. The van der Waals surface area contributed by atoms with E-state index in [-0.39, 0.29) is 19.0 Å². The number of nitrogens with one attached hydrogen (secondary N) is 1. The van der Waals surface area contributed by atoms with Crippen molar-refractivity contribution >= 4 is 27.5 Å². The first-order chi connectivity index (χ1) is 13.7. The molecule has 10 nitrogen and oxygen atoms in total. The van der Waals surface area contributed by atoms with Crippen LogP contribution in [0.4, 0.5) is 0 Å². The molecule has 1 aliphatic heterocycles. The number of carboxylic acid groups (broad SMARTS) is 1. The topological polar surface area (TPSA) is 130 Å². The van der Waals surface area contributed by atoms with Crippen LogP contribution in [0.2, 0.25) is 0 Å². The molecule has 2 aromatic heterocycles. The van der Waals surface area contributed by atoms with E-state index in [2.05, 4.69) is 10.3 Å². The van der Waals surface area contributed by atoms with Gasteiger partial charge < -0.3 is 15.2 Å². The lowest BCUT2D eigenvalue weighted by Crippen LogP contribution is -2.50. The van der Waals surface area contributed by atoms with Crippen molar-refractivity contribution in [2.75, 3.05) is 25.4 Å². The van der Waals surface area contributed by atoms with Crippen LogP contribution < -0.4 is 10.1 Å². The van der Waals surface area contributed by atoms with E-state index in [9.17, 15) is 18.0 Å². The summed E-state index contributed by atoms with van der Waals surface area (Å²) in [5.41, 5.74) is 1.42. The number of hydrogen-bond acceptors (Lipinski definition) is 6. The number of aliphatic carboxylic acids is 1. The first-order valence-corrected chi connectivity index (χ1v) is 10.9. The molecule has 1 saturated heterocycles.